The lowest BCUT2D eigenvalue weighted by molar-refractivity contribution is -0.128. The van der Waals surface area contributed by atoms with Crippen LogP contribution in [0.5, 0.6) is 0 Å². The van der Waals surface area contributed by atoms with E-state index in [-0.39, 0.29) is 17.5 Å². The van der Waals surface area contributed by atoms with Crippen molar-refractivity contribution in [3.05, 3.63) is 0 Å². The predicted octanol–water partition coefficient (Wildman–Crippen LogP) is 0.285. The Morgan fingerprint density at radius 3 is 2.61 bits per heavy atom. The van der Waals surface area contributed by atoms with Gasteiger partial charge in [0.1, 0.15) is 0 Å². The predicted molar refractivity (Wildman–Crippen MR) is 68.3 cm³/mol. The van der Waals surface area contributed by atoms with Gasteiger partial charge in [-0.15, -0.1) is 0 Å². The molecule has 0 atom stereocenters. The monoisotopic (exact) mass is 257 g/mol. The molecular formula is C12H23N3O3. The summed E-state index contributed by atoms with van der Waals surface area (Å²) >= 11 is 0. The third-order valence-electron chi connectivity index (χ3n) is 2.83. The molecule has 1 aliphatic heterocycles. The SMILES string of the molecule is CN(C)C(=O)CCNC(=O)N1CCOC(C)(C)C1. The molecule has 6 nitrogen and oxygen atoms in total. The molecule has 3 amide bonds. The minimum absolute atomic E-state index is 0.0117. The Labute approximate surface area is 108 Å². The van der Waals surface area contributed by atoms with Gasteiger partial charge in [-0.05, 0) is 13.8 Å². The van der Waals surface area contributed by atoms with E-state index < -0.39 is 0 Å². The van der Waals surface area contributed by atoms with E-state index in [9.17, 15) is 9.59 Å². The van der Waals surface area contributed by atoms with Gasteiger partial charge in [0, 0.05) is 33.6 Å². The first-order valence-electron chi connectivity index (χ1n) is 6.19. The third-order valence-corrected chi connectivity index (χ3v) is 2.83. The second-order valence-corrected chi connectivity index (χ2v) is 5.30. The fourth-order valence-corrected chi connectivity index (χ4v) is 1.80. The van der Waals surface area contributed by atoms with Crippen LogP contribution in [0.2, 0.25) is 0 Å². The number of nitrogens with one attached hydrogen (secondary N) is 1. The van der Waals surface area contributed by atoms with E-state index in [4.69, 9.17) is 4.74 Å². The van der Waals surface area contributed by atoms with Crippen molar-refractivity contribution in [2.45, 2.75) is 25.9 Å². The van der Waals surface area contributed by atoms with E-state index in [0.29, 0.717) is 32.7 Å². The zero-order valence-corrected chi connectivity index (χ0v) is 11.7. The number of amides is 3. The number of hydrogen-bond acceptors (Lipinski definition) is 3. The van der Waals surface area contributed by atoms with Gasteiger partial charge < -0.3 is 19.9 Å². The maximum absolute atomic E-state index is 11.9. The van der Waals surface area contributed by atoms with Crippen molar-refractivity contribution < 1.29 is 14.3 Å². The van der Waals surface area contributed by atoms with Crippen LogP contribution in [0, 0.1) is 0 Å². The van der Waals surface area contributed by atoms with Crippen molar-refractivity contribution in [2.24, 2.45) is 0 Å². The maximum atomic E-state index is 11.9. The molecule has 1 aliphatic rings. The van der Waals surface area contributed by atoms with Crippen molar-refractivity contribution in [3.8, 4) is 0 Å². The minimum atomic E-state index is -0.297. The quantitative estimate of drug-likeness (QED) is 0.790. The standard InChI is InChI=1S/C12H23N3O3/c1-12(2)9-15(7-8-18-12)11(17)13-6-5-10(16)14(3)4/h5-9H2,1-4H3,(H,13,17). The van der Waals surface area contributed by atoms with Crippen LogP contribution in [0.4, 0.5) is 4.79 Å². The molecule has 0 radical (unpaired) electrons. The number of hydrogen-bond donors (Lipinski definition) is 1. The number of carbonyl (C=O) groups is 2. The Morgan fingerprint density at radius 1 is 1.39 bits per heavy atom. The zero-order valence-electron chi connectivity index (χ0n) is 11.7. The Morgan fingerprint density at radius 2 is 2.06 bits per heavy atom. The summed E-state index contributed by atoms with van der Waals surface area (Å²) in [5, 5.41) is 2.76. The van der Waals surface area contributed by atoms with Gasteiger partial charge in [0.15, 0.2) is 0 Å². The fourth-order valence-electron chi connectivity index (χ4n) is 1.80. The first-order chi connectivity index (χ1) is 8.32. The Bertz CT molecular complexity index is 316. The molecule has 0 aromatic heterocycles. The van der Waals surface area contributed by atoms with E-state index in [0.717, 1.165) is 0 Å². The van der Waals surface area contributed by atoms with E-state index in [1.165, 1.54) is 4.90 Å². The molecule has 6 heteroatoms. The molecule has 0 aliphatic carbocycles. The molecule has 1 N–H and O–H groups in total. The van der Waals surface area contributed by atoms with Crippen molar-refractivity contribution >= 4 is 11.9 Å². The lowest BCUT2D eigenvalue weighted by Gasteiger charge is -2.38. The summed E-state index contributed by atoms with van der Waals surface area (Å²) in [5.74, 6) is 0.0117. The van der Waals surface area contributed by atoms with Crippen LogP contribution in [0.3, 0.4) is 0 Å². The van der Waals surface area contributed by atoms with E-state index in [1.807, 2.05) is 13.8 Å². The Kier molecular flexibility index (Phi) is 4.95. The number of ether oxygens (including phenoxy) is 1. The summed E-state index contributed by atoms with van der Waals surface area (Å²) < 4.78 is 5.54. The first kappa shape index (κ1) is 14.8. The van der Waals surface area contributed by atoms with E-state index in [1.54, 1.807) is 19.0 Å². The highest BCUT2D eigenvalue weighted by molar-refractivity contribution is 5.78. The summed E-state index contributed by atoms with van der Waals surface area (Å²) in [6, 6.07) is -0.127. The molecule has 0 aromatic rings. The first-order valence-corrected chi connectivity index (χ1v) is 6.19. The molecule has 104 valence electrons. The van der Waals surface area contributed by atoms with Crippen LogP contribution in [0.1, 0.15) is 20.3 Å². The molecule has 1 saturated heterocycles. The highest BCUT2D eigenvalue weighted by Crippen LogP contribution is 2.16. The second-order valence-electron chi connectivity index (χ2n) is 5.30. The van der Waals surface area contributed by atoms with Crippen molar-refractivity contribution in [3.63, 3.8) is 0 Å². The molecule has 0 unspecified atom stereocenters. The van der Waals surface area contributed by atoms with Crippen LogP contribution in [-0.2, 0) is 9.53 Å². The number of rotatable bonds is 3. The zero-order chi connectivity index (χ0) is 13.8. The van der Waals surface area contributed by atoms with Gasteiger partial charge in [-0.25, -0.2) is 4.79 Å². The normalized spacial score (nSPS) is 18.3. The number of morpholine rings is 1. The van der Waals surface area contributed by atoms with Crippen LogP contribution >= 0.6 is 0 Å². The summed E-state index contributed by atoms with van der Waals surface area (Å²) in [5.41, 5.74) is -0.297. The van der Waals surface area contributed by atoms with Crippen molar-refractivity contribution in [1.82, 2.24) is 15.1 Å². The van der Waals surface area contributed by atoms with E-state index >= 15 is 0 Å². The maximum Gasteiger partial charge on any atom is 0.317 e. The number of nitrogens with zero attached hydrogens (tertiary/aromatic N) is 2. The molecule has 18 heavy (non-hydrogen) atoms. The van der Waals surface area contributed by atoms with Crippen LogP contribution in [0.15, 0.2) is 0 Å². The Hall–Kier alpha value is -1.30. The van der Waals surface area contributed by atoms with Gasteiger partial charge in [0.2, 0.25) is 5.91 Å². The lowest BCUT2D eigenvalue weighted by Crippen LogP contribution is -2.53. The molecule has 0 aromatic carbocycles. The highest BCUT2D eigenvalue weighted by atomic mass is 16.5. The van der Waals surface area contributed by atoms with E-state index in [2.05, 4.69) is 5.32 Å². The summed E-state index contributed by atoms with van der Waals surface area (Å²) in [6.45, 7) is 6.01. The van der Waals surface area contributed by atoms with Gasteiger partial charge >= 0.3 is 6.03 Å². The van der Waals surface area contributed by atoms with Gasteiger partial charge in [-0.1, -0.05) is 0 Å². The highest BCUT2D eigenvalue weighted by Gasteiger charge is 2.29. The molecule has 1 fully saturated rings. The Balaban J connectivity index is 2.30. The van der Waals surface area contributed by atoms with Crippen LogP contribution in [-0.4, -0.2) is 67.7 Å². The van der Waals surface area contributed by atoms with Crippen molar-refractivity contribution in [1.29, 1.82) is 0 Å². The topological polar surface area (TPSA) is 61.9 Å². The van der Waals surface area contributed by atoms with Gasteiger partial charge in [-0.2, -0.15) is 0 Å². The average Bonchev–Trinajstić information content (AvgIpc) is 2.27. The van der Waals surface area contributed by atoms with Crippen molar-refractivity contribution in [2.75, 3.05) is 40.3 Å². The summed E-state index contributed by atoms with van der Waals surface area (Å²) in [7, 11) is 3.41. The second kappa shape index (κ2) is 6.04. The number of carbonyl (C=O) groups excluding carboxylic acids is 2. The molecule has 0 saturated carbocycles. The average molecular weight is 257 g/mol. The van der Waals surface area contributed by atoms with Crippen LogP contribution < -0.4 is 5.32 Å². The van der Waals surface area contributed by atoms with Gasteiger partial charge in [-0.3, -0.25) is 4.79 Å². The molecule has 0 bridgehead atoms. The molecule has 1 rings (SSSR count). The summed E-state index contributed by atoms with van der Waals surface area (Å²) in [4.78, 5) is 26.5. The third kappa shape index (κ3) is 4.52. The smallest absolute Gasteiger partial charge is 0.317 e. The van der Waals surface area contributed by atoms with Gasteiger partial charge in [0.25, 0.3) is 0 Å². The fraction of sp³-hybridized carbons (Fsp3) is 0.833. The minimum Gasteiger partial charge on any atom is -0.372 e. The lowest BCUT2D eigenvalue weighted by atomic mass is 10.1. The molecular weight excluding hydrogens is 234 g/mol. The summed E-state index contributed by atoms with van der Waals surface area (Å²) in [6.07, 6.45) is 0.326. The van der Waals surface area contributed by atoms with Gasteiger partial charge in [0.05, 0.1) is 18.8 Å². The molecule has 1 heterocycles. The molecule has 0 spiro atoms. The largest absolute Gasteiger partial charge is 0.372 e. The number of urea groups is 1. The van der Waals surface area contributed by atoms with Crippen LogP contribution in [0.25, 0.3) is 0 Å².